The molecule has 1 N–H and O–H groups in total. The number of nitriles is 1. The molecule has 0 spiro atoms. The van der Waals surface area contributed by atoms with Crippen molar-refractivity contribution in [3.05, 3.63) is 39.9 Å². The fourth-order valence-corrected chi connectivity index (χ4v) is 1.78. The summed E-state index contributed by atoms with van der Waals surface area (Å²) in [6.07, 6.45) is -0.395. The zero-order chi connectivity index (χ0) is 14.3. The average molecular weight is 263 g/mol. The van der Waals surface area contributed by atoms with Crippen molar-refractivity contribution in [2.24, 2.45) is 0 Å². The van der Waals surface area contributed by atoms with Crippen LogP contribution in [0.4, 0.5) is 5.69 Å². The molecule has 0 aliphatic carbocycles. The molecule has 0 saturated heterocycles. The normalized spacial score (nSPS) is 12.1. The number of aliphatic hydroxyl groups excluding tert-OH is 1. The van der Waals surface area contributed by atoms with Gasteiger partial charge >= 0.3 is 0 Å². The minimum absolute atomic E-state index is 0.0309. The first-order valence-electron chi connectivity index (χ1n) is 6.10. The van der Waals surface area contributed by atoms with E-state index in [4.69, 9.17) is 5.26 Å². The third kappa shape index (κ3) is 4.66. The van der Waals surface area contributed by atoms with E-state index in [1.165, 1.54) is 12.1 Å². The van der Waals surface area contributed by atoms with Crippen molar-refractivity contribution in [3.8, 4) is 6.07 Å². The van der Waals surface area contributed by atoms with Crippen molar-refractivity contribution in [1.82, 2.24) is 4.90 Å². The van der Waals surface area contributed by atoms with E-state index in [-0.39, 0.29) is 5.69 Å². The minimum atomic E-state index is -0.793. The molecule has 1 aromatic rings. The van der Waals surface area contributed by atoms with Gasteiger partial charge in [-0.05, 0) is 12.1 Å². The van der Waals surface area contributed by atoms with E-state index in [9.17, 15) is 15.2 Å². The molecule has 0 fully saturated rings. The van der Waals surface area contributed by atoms with Crippen LogP contribution in [0.2, 0.25) is 0 Å². The number of likely N-dealkylation sites (N-methyl/N-ethyl adjacent to an activating group) is 1. The molecule has 6 nitrogen and oxygen atoms in total. The Morgan fingerprint density at radius 1 is 1.58 bits per heavy atom. The van der Waals surface area contributed by atoms with Gasteiger partial charge in [0.25, 0.3) is 5.69 Å². The number of nitrogens with zero attached hydrogens (tertiary/aromatic N) is 3. The van der Waals surface area contributed by atoms with Crippen LogP contribution in [0.5, 0.6) is 0 Å². The van der Waals surface area contributed by atoms with E-state index in [0.29, 0.717) is 31.6 Å². The number of hydrogen-bond donors (Lipinski definition) is 1. The summed E-state index contributed by atoms with van der Waals surface area (Å²) in [6, 6.07) is 8.05. The van der Waals surface area contributed by atoms with Gasteiger partial charge in [-0.2, -0.15) is 5.26 Å². The van der Waals surface area contributed by atoms with Crippen LogP contribution in [0, 0.1) is 21.4 Å². The summed E-state index contributed by atoms with van der Waals surface area (Å²) in [7, 11) is 0. The van der Waals surface area contributed by atoms with E-state index in [0.717, 1.165) is 0 Å². The first-order valence-corrected chi connectivity index (χ1v) is 6.10. The lowest BCUT2D eigenvalue weighted by Crippen LogP contribution is -2.29. The Hall–Kier alpha value is -1.97. The van der Waals surface area contributed by atoms with Gasteiger partial charge < -0.3 is 5.11 Å². The smallest absolute Gasteiger partial charge is 0.269 e. The third-order valence-corrected chi connectivity index (χ3v) is 2.88. The summed E-state index contributed by atoms with van der Waals surface area (Å²) >= 11 is 0. The van der Waals surface area contributed by atoms with Gasteiger partial charge in [-0.25, -0.2) is 0 Å². The quantitative estimate of drug-likeness (QED) is 0.599. The largest absolute Gasteiger partial charge is 0.387 e. The predicted octanol–water partition coefficient (Wildman–Crippen LogP) is 1.86. The summed E-state index contributed by atoms with van der Waals surface area (Å²) in [5, 5.41) is 29.3. The van der Waals surface area contributed by atoms with Crippen molar-refractivity contribution >= 4 is 5.69 Å². The standard InChI is InChI=1S/C13H17N3O3/c1-2-15(8-4-7-14)10-13(17)11-5-3-6-12(9-11)16(18)19/h3,5-6,9,13,17H,2,4,8,10H2,1H3. The summed E-state index contributed by atoms with van der Waals surface area (Å²) < 4.78 is 0. The lowest BCUT2D eigenvalue weighted by atomic mass is 10.1. The summed E-state index contributed by atoms with van der Waals surface area (Å²) in [4.78, 5) is 12.1. The minimum Gasteiger partial charge on any atom is -0.387 e. The molecule has 1 rings (SSSR count). The van der Waals surface area contributed by atoms with E-state index in [2.05, 4.69) is 6.07 Å². The van der Waals surface area contributed by atoms with Crippen LogP contribution in [0.3, 0.4) is 0 Å². The fraction of sp³-hybridized carbons (Fsp3) is 0.462. The fourth-order valence-electron chi connectivity index (χ4n) is 1.78. The zero-order valence-corrected chi connectivity index (χ0v) is 10.8. The molecule has 6 heteroatoms. The number of nitro groups is 1. The molecule has 1 unspecified atom stereocenters. The number of benzene rings is 1. The zero-order valence-electron chi connectivity index (χ0n) is 10.8. The Bertz CT molecular complexity index is 470. The molecular weight excluding hydrogens is 246 g/mol. The van der Waals surface area contributed by atoms with Crippen molar-refractivity contribution < 1.29 is 10.0 Å². The van der Waals surface area contributed by atoms with Crippen LogP contribution in [0.15, 0.2) is 24.3 Å². The topological polar surface area (TPSA) is 90.4 Å². The van der Waals surface area contributed by atoms with Crippen molar-refractivity contribution in [3.63, 3.8) is 0 Å². The Kier molecular flexibility index (Phi) is 5.93. The second-order valence-electron chi connectivity index (χ2n) is 4.17. The second-order valence-corrected chi connectivity index (χ2v) is 4.17. The van der Waals surface area contributed by atoms with Gasteiger partial charge in [-0.3, -0.25) is 15.0 Å². The molecule has 0 aliphatic rings. The van der Waals surface area contributed by atoms with Crippen LogP contribution < -0.4 is 0 Å². The number of rotatable bonds is 7. The van der Waals surface area contributed by atoms with Gasteiger partial charge in [0.2, 0.25) is 0 Å². The van der Waals surface area contributed by atoms with Crippen LogP contribution in [0.1, 0.15) is 25.0 Å². The molecule has 0 saturated carbocycles. The third-order valence-electron chi connectivity index (χ3n) is 2.88. The molecule has 0 radical (unpaired) electrons. The predicted molar refractivity (Wildman–Crippen MR) is 70.4 cm³/mol. The van der Waals surface area contributed by atoms with Gasteiger partial charge in [-0.1, -0.05) is 19.1 Å². The first-order chi connectivity index (χ1) is 9.08. The van der Waals surface area contributed by atoms with E-state index < -0.39 is 11.0 Å². The van der Waals surface area contributed by atoms with Crippen molar-refractivity contribution in [1.29, 1.82) is 5.26 Å². The Morgan fingerprint density at radius 3 is 2.89 bits per heavy atom. The van der Waals surface area contributed by atoms with Gasteiger partial charge in [0.15, 0.2) is 0 Å². The average Bonchev–Trinajstić information content (AvgIpc) is 2.43. The van der Waals surface area contributed by atoms with E-state index in [1.54, 1.807) is 12.1 Å². The molecule has 0 aliphatic heterocycles. The second kappa shape index (κ2) is 7.46. The van der Waals surface area contributed by atoms with Crippen LogP contribution in [0.25, 0.3) is 0 Å². The van der Waals surface area contributed by atoms with Gasteiger partial charge in [0, 0.05) is 31.6 Å². The first kappa shape index (κ1) is 15.1. The van der Waals surface area contributed by atoms with Crippen molar-refractivity contribution in [2.45, 2.75) is 19.4 Å². The maximum absolute atomic E-state index is 10.7. The van der Waals surface area contributed by atoms with E-state index in [1.807, 2.05) is 11.8 Å². The highest BCUT2D eigenvalue weighted by Gasteiger charge is 2.15. The lowest BCUT2D eigenvalue weighted by Gasteiger charge is -2.22. The summed E-state index contributed by atoms with van der Waals surface area (Å²) in [6.45, 7) is 3.60. The highest BCUT2D eigenvalue weighted by molar-refractivity contribution is 5.35. The Morgan fingerprint density at radius 2 is 2.32 bits per heavy atom. The van der Waals surface area contributed by atoms with Crippen LogP contribution in [-0.4, -0.2) is 34.6 Å². The monoisotopic (exact) mass is 263 g/mol. The Labute approximate surface area is 112 Å². The molecule has 0 heterocycles. The summed E-state index contributed by atoms with van der Waals surface area (Å²) in [5.41, 5.74) is 0.487. The maximum Gasteiger partial charge on any atom is 0.269 e. The van der Waals surface area contributed by atoms with Crippen LogP contribution >= 0.6 is 0 Å². The highest BCUT2D eigenvalue weighted by atomic mass is 16.6. The molecule has 19 heavy (non-hydrogen) atoms. The lowest BCUT2D eigenvalue weighted by molar-refractivity contribution is -0.385. The highest BCUT2D eigenvalue weighted by Crippen LogP contribution is 2.20. The van der Waals surface area contributed by atoms with E-state index >= 15 is 0 Å². The summed E-state index contributed by atoms with van der Waals surface area (Å²) in [5.74, 6) is 0. The van der Waals surface area contributed by atoms with Crippen molar-refractivity contribution in [2.75, 3.05) is 19.6 Å². The Balaban J connectivity index is 2.71. The molecule has 0 aromatic heterocycles. The molecule has 0 bridgehead atoms. The van der Waals surface area contributed by atoms with Gasteiger partial charge in [0.1, 0.15) is 0 Å². The molecule has 0 amide bonds. The number of hydrogen-bond acceptors (Lipinski definition) is 5. The van der Waals surface area contributed by atoms with Crippen LogP contribution in [-0.2, 0) is 0 Å². The maximum atomic E-state index is 10.7. The molecule has 102 valence electrons. The van der Waals surface area contributed by atoms with Gasteiger partial charge in [0.05, 0.1) is 17.1 Å². The number of aliphatic hydroxyl groups is 1. The molecule has 1 aromatic carbocycles. The molecule has 1 atom stereocenters. The van der Waals surface area contributed by atoms with Gasteiger partial charge in [-0.15, -0.1) is 0 Å². The SMILES string of the molecule is CCN(CCC#N)CC(O)c1cccc([N+](=O)[O-])c1. The number of non-ortho nitro benzene ring substituents is 1. The molecular formula is C13H17N3O3. The number of nitro benzene ring substituents is 1.